The van der Waals surface area contributed by atoms with Crippen LogP contribution in [-0.4, -0.2) is 24.6 Å². The highest BCUT2D eigenvalue weighted by Gasteiger charge is 2.06. The Balaban J connectivity index is 2.77. The maximum absolute atomic E-state index is 4.62. The predicted octanol–water partition coefficient (Wildman–Crippen LogP) is 3.15. The largest absolute Gasteiger partial charge is 0.353 e. The molecule has 1 aromatic heterocycles. The molecule has 1 aromatic rings. The van der Waals surface area contributed by atoms with Crippen molar-refractivity contribution in [3.63, 3.8) is 0 Å². The summed E-state index contributed by atoms with van der Waals surface area (Å²) in [5.74, 6) is 1.72. The maximum atomic E-state index is 4.62. The molecule has 0 atom stereocenters. The van der Waals surface area contributed by atoms with Gasteiger partial charge in [-0.05, 0) is 44.0 Å². The monoisotopic (exact) mass is 261 g/mol. The summed E-state index contributed by atoms with van der Waals surface area (Å²) >= 11 is 0. The van der Waals surface area contributed by atoms with Crippen LogP contribution in [-0.2, 0) is 6.54 Å². The molecule has 19 heavy (non-hydrogen) atoms. The summed E-state index contributed by atoms with van der Waals surface area (Å²) in [5, 5.41) is 3.48. The number of pyridine rings is 1. The Morgan fingerprint density at radius 3 is 2.74 bits per heavy atom. The lowest BCUT2D eigenvalue weighted by atomic mass is 10.2. The first-order valence-corrected chi connectivity index (χ1v) is 7.11. The molecule has 0 aliphatic rings. The molecule has 0 saturated carbocycles. The van der Waals surface area contributed by atoms with Crippen molar-refractivity contribution in [2.75, 3.05) is 24.5 Å². The fourth-order valence-corrected chi connectivity index (χ4v) is 2.03. The highest BCUT2D eigenvalue weighted by atomic mass is 15.2. The maximum Gasteiger partial charge on any atom is 0.129 e. The predicted molar refractivity (Wildman–Crippen MR) is 83.6 cm³/mol. The summed E-state index contributed by atoms with van der Waals surface area (Å²) in [6.07, 6.45) is 1.92. The molecule has 1 rings (SSSR count). The van der Waals surface area contributed by atoms with E-state index in [1.165, 1.54) is 5.56 Å². The summed E-state index contributed by atoms with van der Waals surface area (Å²) in [4.78, 5) is 6.85. The summed E-state index contributed by atoms with van der Waals surface area (Å²) in [6, 6.07) is 4.33. The van der Waals surface area contributed by atoms with Crippen molar-refractivity contribution in [2.24, 2.45) is 5.92 Å². The molecule has 3 nitrogen and oxygen atoms in total. The molecule has 0 unspecified atom stereocenters. The topological polar surface area (TPSA) is 28.2 Å². The number of nitrogens with one attached hydrogen (secondary N) is 1. The summed E-state index contributed by atoms with van der Waals surface area (Å²) < 4.78 is 0. The Hall–Kier alpha value is -1.35. The lowest BCUT2D eigenvalue weighted by molar-refractivity contribution is 0.552. The summed E-state index contributed by atoms with van der Waals surface area (Å²) in [7, 11) is 0. The summed E-state index contributed by atoms with van der Waals surface area (Å²) in [5.41, 5.74) is 2.37. The number of hydrogen-bond donors (Lipinski definition) is 1. The minimum absolute atomic E-state index is 0.676. The van der Waals surface area contributed by atoms with Gasteiger partial charge >= 0.3 is 0 Å². The van der Waals surface area contributed by atoms with Crippen LogP contribution in [0.1, 0.15) is 32.0 Å². The third-order valence-corrected chi connectivity index (χ3v) is 2.94. The van der Waals surface area contributed by atoms with Gasteiger partial charge in [-0.3, -0.25) is 0 Å². The zero-order valence-electron chi connectivity index (χ0n) is 12.7. The molecule has 0 aliphatic heterocycles. The molecule has 0 amide bonds. The lowest BCUT2D eigenvalue weighted by Gasteiger charge is -2.21. The lowest BCUT2D eigenvalue weighted by Crippen LogP contribution is -2.24. The molecule has 0 fully saturated rings. The van der Waals surface area contributed by atoms with E-state index in [-0.39, 0.29) is 0 Å². The molecule has 0 saturated heterocycles. The number of aromatic nitrogens is 1. The molecule has 0 bridgehead atoms. The van der Waals surface area contributed by atoms with Crippen molar-refractivity contribution >= 4 is 5.82 Å². The molecule has 0 aliphatic carbocycles. The average molecular weight is 261 g/mol. The standard InChI is InChI=1S/C16H27N3/c1-6-8-19(7-2)16-10-15(9-14(5)18-16)12-17-11-13(3)4/h6,9-10,13,17H,1,7-8,11-12H2,2-5H3. The number of hydrogen-bond acceptors (Lipinski definition) is 3. The van der Waals surface area contributed by atoms with Crippen LogP contribution in [0.25, 0.3) is 0 Å². The summed E-state index contributed by atoms with van der Waals surface area (Å²) in [6.45, 7) is 16.2. The van der Waals surface area contributed by atoms with Crippen LogP contribution >= 0.6 is 0 Å². The molecule has 1 heterocycles. The highest BCUT2D eigenvalue weighted by Crippen LogP contribution is 2.15. The number of likely N-dealkylation sites (N-methyl/N-ethyl adjacent to an activating group) is 1. The third-order valence-electron chi connectivity index (χ3n) is 2.94. The second-order valence-corrected chi connectivity index (χ2v) is 5.33. The fourth-order valence-electron chi connectivity index (χ4n) is 2.03. The highest BCUT2D eigenvalue weighted by molar-refractivity contribution is 5.43. The molecular formula is C16H27N3. The van der Waals surface area contributed by atoms with Gasteiger partial charge in [-0.1, -0.05) is 19.9 Å². The van der Waals surface area contributed by atoms with Crippen LogP contribution in [0.3, 0.4) is 0 Å². The van der Waals surface area contributed by atoms with Gasteiger partial charge in [0.05, 0.1) is 0 Å². The van der Waals surface area contributed by atoms with Crippen LogP contribution in [0.5, 0.6) is 0 Å². The van der Waals surface area contributed by atoms with Crippen molar-refractivity contribution in [3.8, 4) is 0 Å². The van der Waals surface area contributed by atoms with Gasteiger partial charge in [0.25, 0.3) is 0 Å². The van der Waals surface area contributed by atoms with Gasteiger partial charge in [0.2, 0.25) is 0 Å². The number of aryl methyl sites for hydroxylation is 1. The van der Waals surface area contributed by atoms with Gasteiger partial charge in [0.15, 0.2) is 0 Å². The smallest absolute Gasteiger partial charge is 0.129 e. The second kappa shape index (κ2) is 7.95. The van der Waals surface area contributed by atoms with E-state index in [1.807, 2.05) is 6.08 Å². The van der Waals surface area contributed by atoms with Crippen LogP contribution in [0, 0.1) is 12.8 Å². The molecule has 0 aromatic carbocycles. The number of rotatable bonds is 8. The van der Waals surface area contributed by atoms with Gasteiger partial charge in [0.1, 0.15) is 5.82 Å². The first-order valence-electron chi connectivity index (χ1n) is 7.11. The first-order chi connectivity index (χ1) is 9.06. The third kappa shape index (κ3) is 5.43. The van der Waals surface area contributed by atoms with Crippen molar-refractivity contribution in [1.29, 1.82) is 0 Å². The molecular weight excluding hydrogens is 234 g/mol. The van der Waals surface area contributed by atoms with E-state index < -0.39 is 0 Å². The van der Waals surface area contributed by atoms with Crippen LogP contribution in [0.2, 0.25) is 0 Å². The Labute approximate surface area is 117 Å². The SMILES string of the molecule is C=CCN(CC)c1cc(CNCC(C)C)cc(C)n1. The fraction of sp³-hybridized carbons (Fsp3) is 0.562. The first kappa shape index (κ1) is 15.7. The van der Waals surface area contributed by atoms with Gasteiger partial charge in [-0.15, -0.1) is 6.58 Å². The zero-order chi connectivity index (χ0) is 14.3. The van der Waals surface area contributed by atoms with Gasteiger partial charge in [-0.25, -0.2) is 4.98 Å². The average Bonchev–Trinajstić information content (AvgIpc) is 2.34. The molecule has 106 valence electrons. The minimum atomic E-state index is 0.676. The van der Waals surface area contributed by atoms with Gasteiger partial charge < -0.3 is 10.2 Å². The van der Waals surface area contributed by atoms with E-state index in [9.17, 15) is 0 Å². The van der Waals surface area contributed by atoms with Crippen molar-refractivity contribution in [1.82, 2.24) is 10.3 Å². The number of anilines is 1. The van der Waals surface area contributed by atoms with E-state index in [0.29, 0.717) is 5.92 Å². The number of nitrogens with zero attached hydrogens (tertiary/aromatic N) is 2. The van der Waals surface area contributed by atoms with Gasteiger partial charge in [-0.2, -0.15) is 0 Å². The Kier molecular flexibility index (Phi) is 6.57. The molecule has 3 heteroatoms. The molecule has 0 spiro atoms. The second-order valence-electron chi connectivity index (χ2n) is 5.33. The van der Waals surface area contributed by atoms with E-state index in [4.69, 9.17) is 0 Å². The molecule has 0 radical (unpaired) electrons. The van der Waals surface area contributed by atoms with E-state index in [1.54, 1.807) is 0 Å². The van der Waals surface area contributed by atoms with Crippen LogP contribution in [0.4, 0.5) is 5.82 Å². The van der Waals surface area contributed by atoms with Crippen molar-refractivity contribution in [3.05, 3.63) is 36.0 Å². The van der Waals surface area contributed by atoms with Crippen LogP contribution in [0.15, 0.2) is 24.8 Å². The quantitative estimate of drug-likeness (QED) is 0.729. The van der Waals surface area contributed by atoms with Gasteiger partial charge in [0, 0.05) is 25.3 Å². The zero-order valence-corrected chi connectivity index (χ0v) is 12.7. The normalized spacial score (nSPS) is 10.8. The van der Waals surface area contributed by atoms with Crippen molar-refractivity contribution in [2.45, 2.75) is 34.2 Å². The van der Waals surface area contributed by atoms with E-state index in [2.05, 4.69) is 61.6 Å². The Bertz CT molecular complexity index is 399. The van der Waals surface area contributed by atoms with E-state index >= 15 is 0 Å². The Morgan fingerprint density at radius 2 is 2.16 bits per heavy atom. The molecule has 1 N–H and O–H groups in total. The Morgan fingerprint density at radius 1 is 1.42 bits per heavy atom. The van der Waals surface area contributed by atoms with Crippen molar-refractivity contribution < 1.29 is 0 Å². The minimum Gasteiger partial charge on any atom is -0.353 e. The van der Waals surface area contributed by atoms with E-state index in [0.717, 1.165) is 37.7 Å². The van der Waals surface area contributed by atoms with Crippen LogP contribution < -0.4 is 10.2 Å².